The van der Waals surface area contributed by atoms with Gasteiger partial charge in [-0.05, 0) is 39.3 Å². The molecule has 0 fully saturated rings. The van der Waals surface area contributed by atoms with Crippen LogP contribution in [-0.4, -0.2) is 33.7 Å². The highest BCUT2D eigenvalue weighted by Crippen LogP contribution is 2.35. The zero-order valence-electron chi connectivity index (χ0n) is 22.2. The molecule has 212 valence electrons. The van der Waals surface area contributed by atoms with Gasteiger partial charge in [-0.2, -0.15) is 13.2 Å². The maximum absolute atomic E-state index is 13.1. The number of alkyl halides is 3. The average molecular weight is 593 g/mol. The molecule has 2 aromatic heterocycles. The second-order valence-electron chi connectivity index (χ2n) is 8.09. The quantitative estimate of drug-likeness (QED) is 0.165. The lowest BCUT2D eigenvalue weighted by Gasteiger charge is -2.12. The van der Waals surface area contributed by atoms with Crippen molar-refractivity contribution in [3.63, 3.8) is 0 Å². The van der Waals surface area contributed by atoms with Crippen molar-refractivity contribution in [2.75, 3.05) is 5.32 Å². The van der Waals surface area contributed by atoms with Crippen LogP contribution < -0.4 is 10.6 Å². The molecule has 0 radical (unpaired) electrons. The number of pyridine rings is 1. The van der Waals surface area contributed by atoms with E-state index in [4.69, 9.17) is 11.6 Å². The number of thiazole rings is 1. The van der Waals surface area contributed by atoms with Crippen LogP contribution >= 0.6 is 22.9 Å². The normalized spacial score (nSPS) is 14.1. The number of aliphatic imine (C=N–C) groups is 2. The minimum absolute atomic E-state index is 0.114. The molecule has 0 saturated heterocycles. The standard InChI is InChI=1S/C27H28ClF3N6O2S/c1-6-9-10-33-21(18(7-2)13-32-8-3)11-16(4)24(38)36-17(5)26-35-15-22(40-26)25(39)37-23-12-19(27(29,30)31)20(28)14-34-23/h7-15,17H,2,6H2,1,3-5H3,(H,36,38)(H,34,37,39)/b10-9+,16-11+,18-13+,32-8?,33-21+. The molecule has 0 saturated carbocycles. The first kappa shape index (κ1) is 32.3. The number of rotatable bonds is 11. The van der Waals surface area contributed by atoms with Gasteiger partial charge >= 0.3 is 6.18 Å². The Balaban J connectivity index is 2.17. The maximum atomic E-state index is 13.1. The maximum Gasteiger partial charge on any atom is 0.418 e. The largest absolute Gasteiger partial charge is 0.418 e. The van der Waals surface area contributed by atoms with Gasteiger partial charge < -0.3 is 10.6 Å². The highest BCUT2D eigenvalue weighted by Gasteiger charge is 2.34. The Morgan fingerprint density at radius 2 is 2.00 bits per heavy atom. The van der Waals surface area contributed by atoms with E-state index < -0.39 is 34.6 Å². The zero-order valence-corrected chi connectivity index (χ0v) is 23.8. The third-order valence-electron chi connectivity index (χ3n) is 5.01. The Morgan fingerprint density at radius 3 is 2.62 bits per heavy atom. The molecule has 2 N–H and O–H groups in total. The molecular weight excluding hydrogens is 565 g/mol. The topological polar surface area (TPSA) is 109 Å². The summed E-state index contributed by atoms with van der Waals surface area (Å²) < 4.78 is 39.3. The summed E-state index contributed by atoms with van der Waals surface area (Å²) in [5.74, 6) is -1.42. The Bertz CT molecular complexity index is 1390. The summed E-state index contributed by atoms with van der Waals surface area (Å²) in [6.07, 6.45) is 8.05. The van der Waals surface area contributed by atoms with E-state index in [9.17, 15) is 22.8 Å². The summed E-state index contributed by atoms with van der Waals surface area (Å²) in [6.45, 7) is 10.8. The van der Waals surface area contributed by atoms with Crippen LogP contribution in [0.5, 0.6) is 0 Å². The third kappa shape index (κ3) is 9.38. The summed E-state index contributed by atoms with van der Waals surface area (Å²) >= 11 is 6.55. The summed E-state index contributed by atoms with van der Waals surface area (Å²) in [6, 6.07) is 0.0736. The smallest absolute Gasteiger partial charge is 0.343 e. The van der Waals surface area contributed by atoms with E-state index in [-0.39, 0.29) is 10.7 Å². The molecule has 0 aliphatic heterocycles. The van der Waals surface area contributed by atoms with Crippen molar-refractivity contribution >= 4 is 52.5 Å². The number of hydrogen-bond donors (Lipinski definition) is 2. The SMILES string of the molecule is C=C/C(=C\N=CC)C(/C=C(\C)C(=O)NC(C)c1ncc(C(=O)Nc2cc(C(F)(F)F)c(Cl)cn2)s1)=N/C=C/CC. The molecule has 0 bridgehead atoms. The van der Waals surface area contributed by atoms with Crippen molar-refractivity contribution in [1.29, 1.82) is 0 Å². The van der Waals surface area contributed by atoms with Crippen LogP contribution in [0.2, 0.25) is 5.02 Å². The van der Waals surface area contributed by atoms with Crippen LogP contribution in [-0.2, 0) is 11.0 Å². The molecular formula is C27H28ClF3N6O2S. The van der Waals surface area contributed by atoms with Gasteiger partial charge in [-0.1, -0.05) is 37.3 Å². The van der Waals surface area contributed by atoms with Gasteiger partial charge in [-0.15, -0.1) is 11.3 Å². The summed E-state index contributed by atoms with van der Waals surface area (Å²) in [7, 11) is 0. The van der Waals surface area contributed by atoms with Gasteiger partial charge in [-0.3, -0.25) is 19.6 Å². The number of nitrogens with one attached hydrogen (secondary N) is 2. The Hall–Kier alpha value is -3.90. The first-order chi connectivity index (χ1) is 18.9. The summed E-state index contributed by atoms with van der Waals surface area (Å²) in [5.41, 5.74) is 0.343. The molecule has 1 unspecified atom stereocenters. The first-order valence-corrected chi connectivity index (χ1v) is 13.1. The van der Waals surface area contributed by atoms with Crippen LogP contribution in [0, 0.1) is 0 Å². The fourth-order valence-corrected chi connectivity index (χ4v) is 3.98. The second kappa shape index (κ2) is 15.0. The molecule has 0 aliphatic rings. The summed E-state index contributed by atoms with van der Waals surface area (Å²) in [4.78, 5) is 42.0. The lowest BCUT2D eigenvalue weighted by Crippen LogP contribution is -2.27. The van der Waals surface area contributed by atoms with Crippen molar-refractivity contribution in [3.8, 4) is 0 Å². The van der Waals surface area contributed by atoms with Crippen molar-refractivity contribution in [2.45, 2.75) is 46.3 Å². The fraction of sp³-hybridized carbons (Fsp3) is 0.259. The van der Waals surface area contributed by atoms with Gasteiger partial charge in [0, 0.05) is 36.0 Å². The van der Waals surface area contributed by atoms with E-state index in [1.54, 1.807) is 51.5 Å². The molecule has 13 heteroatoms. The van der Waals surface area contributed by atoms with E-state index in [1.165, 1.54) is 6.20 Å². The minimum atomic E-state index is -4.71. The predicted molar refractivity (Wildman–Crippen MR) is 154 cm³/mol. The number of allylic oxidation sites excluding steroid dienone is 4. The number of nitrogens with zero attached hydrogens (tertiary/aromatic N) is 4. The number of anilines is 1. The highest BCUT2D eigenvalue weighted by atomic mass is 35.5. The summed E-state index contributed by atoms with van der Waals surface area (Å²) in [5, 5.41) is 4.95. The zero-order chi connectivity index (χ0) is 29.9. The Labute approximate surface area is 239 Å². The van der Waals surface area contributed by atoms with E-state index in [2.05, 4.69) is 37.2 Å². The monoisotopic (exact) mass is 592 g/mol. The van der Waals surface area contributed by atoms with Gasteiger partial charge in [0.2, 0.25) is 5.91 Å². The molecule has 0 aliphatic carbocycles. The first-order valence-electron chi connectivity index (χ1n) is 11.9. The van der Waals surface area contributed by atoms with Gasteiger partial charge in [-0.25, -0.2) is 9.97 Å². The van der Waals surface area contributed by atoms with Crippen molar-refractivity contribution in [3.05, 3.63) is 87.3 Å². The van der Waals surface area contributed by atoms with E-state index in [0.717, 1.165) is 24.0 Å². The average Bonchev–Trinajstić information content (AvgIpc) is 3.40. The molecule has 1 atom stereocenters. The van der Waals surface area contributed by atoms with Crippen LogP contribution in [0.1, 0.15) is 60.4 Å². The van der Waals surface area contributed by atoms with Crippen LogP contribution in [0.25, 0.3) is 0 Å². The van der Waals surface area contributed by atoms with Crippen molar-refractivity contribution in [1.82, 2.24) is 15.3 Å². The van der Waals surface area contributed by atoms with Gasteiger partial charge in [0.15, 0.2) is 0 Å². The molecule has 40 heavy (non-hydrogen) atoms. The van der Waals surface area contributed by atoms with Gasteiger partial charge in [0.1, 0.15) is 15.7 Å². The Morgan fingerprint density at radius 1 is 1.27 bits per heavy atom. The van der Waals surface area contributed by atoms with Gasteiger partial charge in [0.25, 0.3) is 5.91 Å². The second-order valence-corrected chi connectivity index (χ2v) is 9.56. The number of aromatic nitrogens is 2. The van der Waals surface area contributed by atoms with E-state index >= 15 is 0 Å². The molecule has 2 heterocycles. The third-order valence-corrected chi connectivity index (χ3v) is 6.49. The molecule has 8 nitrogen and oxygen atoms in total. The van der Waals surface area contributed by atoms with Gasteiger partial charge in [0.05, 0.1) is 28.5 Å². The number of halogens is 4. The lowest BCUT2D eigenvalue weighted by molar-refractivity contribution is -0.137. The molecule has 0 aromatic carbocycles. The molecule has 0 spiro atoms. The van der Waals surface area contributed by atoms with Crippen molar-refractivity contribution in [2.24, 2.45) is 9.98 Å². The number of hydrogen-bond acceptors (Lipinski definition) is 7. The van der Waals surface area contributed by atoms with Crippen LogP contribution in [0.15, 0.2) is 76.8 Å². The van der Waals surface area contributed by atoms with Crippen molar-refractivity contribution < 1.29 is 22.8 Å². The fourth-order valence-electron chi connectivity index (χ4n) is 2.95. The molecule has 2 amide bonds. The van der Waals surface area contributed by atoms with E-state index in [1.807, 2.05) is 13.0 Å². The van der Waals surface area contributed by atoms with E-state index in [0.29, 0.717) is 27.9 Å². The number of carbonyl (C=O) groups is 2. The molecule has 2 rings (SSSR count). The predicted octanol–water partition coefficient (Wildman–Crippen LogP) is 7.11. The number of carbonyl (C=O) groups excluding carboxylic acids is 2. The Kier molecular flexibility index (Phi) is 12.1. The van der Waals surface area contributed by atoms with Crippen LogP contribution in [0.3, 0.4) is 0 Å². The minimum Gasteiger partial charge on any atom is -0.343 e. The highest BCUT2D eigenvalue weighted by molar-refractivity contribution is 7.13. The number of amides is 2. The molecule has 2 aromatic rings. The van der Waals surface area contributed by atoms with Crippen LogP contribution in [0.4, 0.5) is 19.0 Å². The lowest BCUT2D eigenvalue weighted by atomic mass is 10.1.